The minimum Gasteiger partial charge on any atom is -0.285 e. The second-order valence-electron chi connectivity index (χ2n) is 4.71. The lowest BCUT2D eigenvalue weighted by Crippen LogP contribution is -2.16. The van der Waals surface area contributed by atoms with Crippen LogP contribution in [-0.2, 0) is 4.79 Å². The van der Waals surface area contributed by atoms with Crippen LogP contribution >= 0.6 is 0 Å². The van der Waals surface area contributed by atoms with Gasteiger partial charge in [0.15, 0.2) is 0 Å². The van der Waals surface area contributed by atoms with Crippen molar-refractivity contribution in [3.8, 4) is 0 Å². The van der Waals surface area contributed by atoms with Gasteiger partial charge in [-0.15, -0.1) is 0 Å². The molecule has 2 heteroatoms. The number of hydrogen-bond donors (Lipinski definition) is 0. The van der Waals surface area contributed by atoms with Gasteiger partial charge in [-0.25, -0.2) is 0 Å². The van der Waals surface area contributed by atoms with Crippen LogP contribution in [0.2, 0.25) is 0 Å². The summed E-state index contributed by atoms with van der Waals surface area (Å²) in [5, 5.41) is 0. The summed E-state index contributed by atoms with van der Waals surface area (Å²) in [4.78, 5) is 24.3. The zero-order chi connectivity index (χ0) is 13.3. The first-order valence-corrected chi connectivity index (χ1v) is 6.03. The molecule has 1 aromatic rings. The van der Waals surface area contributed by atoms with E-state index in [9.17, 15) is 9.59 Å². The Hall–Kier alpha value is -1.96. The number of carbonyl (C=O) groups excluding carboxylic acids is 2. The van der Waals surface area contributed by atoms with Crippen molar-refractivity contribution in [2.24, 2.45) is 0 Å². The molecule has 1 aliphatic carbocycles. The average molecular weight is 240 g/mol. The molecule has 18 heavy (non-hydrogen) atoms. The molecule has 0 saturated heterocycles. The maximum Gasteiger partial charge on any atom is 0.233 e. The molecule has 0 fully saturated rings. The maximum atomic E-state index is 12.2. The molecule has 0 amide bonds. The Morgan fingerprint density at radius 3 is 2.00 bits per heavy atom. The predicted molar refractivity (Wildman–Crippen MR) is 71.5 cm³/mol. The summed E-state index contributed by atoms with van der Waals surface area (Å²) in [5.41, 5.74) is 4.39. The Morgan fingerprint density at radius 1 is 0.889 bits per heavy atom. The Morgan fingerprint density at radius 2 is 1.50 bits per heavy atom. The summed E-state index contributed by atoms with van der Waals surface area (Å²) in [6, 6.07) is 8.73. The maximum absolute atomic E-state index is 12.2. The van der Waals surface area contributed by atoms with E-state index in [2.05, 4.69) is 0 Å². The van der Waals surface area contributed by atoms with Gasteiger partial charge in [0.05, 0.1) is 0 Å². The summed E-state index contributed by atoms with van der Waals surface area (Å²) in [7, 11) is 0. The molecule has 2 nitrogen and oxygen atoms in total. The number of rotatable bonds is 3. The standard InChI is InChI=1S/C16H16O2/c1-10-9-14(12(3)11(10)2)16(18)15(17)13-7-5-4-6-8-13/h4-8H,9H2,1-3H3. The summed E-state index contributed by atoms with van der Waals surface area (Å²) < 4.78 is 0. The molecular formula is C16H16O2. The summed E-state index contributed by atoms with van der Waals surface area (Å²) >= 11 is 0. The van der Waals surface area contributed by atoms with Gasteiger partial charge in [0.25, 0.3) is 0 Å². The molecule has 0 N–H and O–H groups in total. The van der Waals surface area contributed by atoms with Crippen LogP contribution < -0.4 is 0 Å². The minimum absolute atomic E-state index is 0.366. The first-order chi connectivity index (χ1) is 8.52. The minimum atomic E-state index is -0.410. The molecule has 2 rings (SSSR count). The zero-order valence-electron chi connectivity index (χ0n) is 10.9. The molecule has 1 aliphatic rings. The Balaban J connectivity index is 2.28. The summed E-state index contributed by atoms with van der Waals surface area (Å²) in [6.07, 6.45) is 0.606. The fourth-order valence-electron chi connectivity index (χ4n) is 2.18. The van der Waals surface area contributed by atoms with E-state index in [1.807, 2.05) is 26.8 Å². The third kappa shape index (κ3) is 2.06. The van der Waals surface area contributed by atoms with Gasteiger partial charge < -0.3 is 0 Å². The van der Waals surface area contributed by atoms with E-state index in [-0.39, 0.29) is 5.78 Å². The van der Waals surface area contributed by atoms with Gasteiger partial charge >= 0.3 is 0 Å². The van der Waals surface area contributed by atoms with Gasteiger partial charge in [-0.3, -0.25) is 9.59 Å². The second-order valence-corrected chi connectivity index (χ2v) is 4.71. The van der Waals surface area contributed by atoms with Crippen LogP contribution in [-0.4, -0.2) is 11.6 Å². The fraction of sp³-hybridized carbons (Fsp3) is 0.250. The van der Waals surface area contributed by atoms with Crippen LogP contribution in [0, 0.1) is 0 Å². The lowest BCUT2D eigenvalue weighted by molar-refractivity contribution is -0.111. The van der Waals surface area contributed by atoms with Crippen LogP contribution in [0.25, 0.3) is 0 Å². The molecule has 0 radical (unpaired) electrons. The van der Waals surface area contributed by atoms with Crippen molar-refractivity contribution in [3.05, 3.63) is 58.2 Å². The quantitative estimate of drug-likeness (QED) is 0.598. The molecule has 0 aromatic heterocycles. The van der Waals surface area contributed by atoms with Crippen molar-refractivity contribution in [2.75, 3.05) is 0 Å². The van der Waals surface area contributed by atoms with Crippen molar-refractivity contribution in [1.82, 2.24) is 0 Å². The first kappa shape index (κ1) is 12.5. The molecule has 0 spiro atoms. The molecule has 0 saturated carbocycles. The topological polar surface area (TPSA) is 34.1 Å². The van der Waals surface area contributed by atoms with Crippen molar-refractivity contribution >= 4 is 11.6 Å². The molecular weight excluding hydrogens is 224 g/mol. The second kappa shape index (κ2) is 4.73. The molecule has 0 atom stereocenters. The lowest BCUT2D eigenvalue weighted by Gasteiger charge is -2.03. The van der Waals surface area contributed by atoms with Crippen LogP contribution in [0.5, 0.6) is 0 Å². The Labute approximate surface area is 107 Å². The lowest BCUT2D eigenvalue weighted by atomic mass is 9.98. The summed E-state index contributed by atoms with van der Waals surface area (Å²) in [5.74, 6) is -0.776. The van der Waals surface area contributed by atoms with E-state index in [4.69, 9.17) is 0 Å². The van der Waals surface area contributed by atoms with Gasteiger partial charge in [0, 0.05) is 11.1 Å². The monoisotopic (exact) mass is 240 g/mol. The van der Waals surface area contributed by atoms with Crippen molar-refractivity contribution in [3.63, 3.8) is 0 Å². The molecule has 0 bridgehead atoms. The van der Waals surface area contributed by atoms with Gasteiger partial charge in [0.1, 0.15) is 0 Å². The molecule has 0 heterocycles. The predicted octanol–water partition coefficient (Wildman–Crippen LogP) is 3.50. The number of allylic oxidation sites excluding steroid dienone is 4. The zero-order valence-corrected chi connectivity index (χ0v) is 10.9. The Kier molecular flexibility index (Phi) is 3.28. The van der Waals surface area contributed by atoms with Crippen LogP contribution in [0.4, 0.5) is 0 Å². The average Bonchev–Trinajstić information content (AvgIpc) is 2.66. The van der Waals surface area contributed by atoms with E-state index in [1.165, 1.54) is 5.57 Å². The van der Waals surface area contributed by atoms with Gasteiger partial charge in [-0.2, -0.15) is 0 Å². The number of Topliss-reactive ketones (excluding diaryl/α,β-unsaturated/α-hetero) is 2. The normalized spacial score (nSPS) is 15.3. The highest BCUT2D eigenvalue weighted by atomic mass is 16.2. The first-order valence-electron chi connectivity index (χ1n) is 6.03. The third-order valence-corrected chi connectivity index (χ3v) is 3.61. The van der Waals surface area contributed by atoms with E-state index in [1.54, 1.807) is 24.3 Å². The highest BCUT2D eigenvalue weighted by Crippen LogP contribution is 2.32. The molecule has 1 aromatic carbocycles. The van der Waals surface area contributed by atoms with Crippen molar-refractivity contribution < 1.29 is 9.59 Å². The number of carbonyl (C=O) groups is 2. The van der Waals surface area contributed by atoms with Crippen LogP contribution in [0.1, 0.15) is 37.6 Å². The fourth-order valence-corrected chi connectivity index (χ4v) is 2.18. The SMILES string of the molecule is CC1=C(C)C(C)=C(C(=O)C(=O)c2ccccc2)C1. The van der Waals surface area contributed by atoms with E-state index >= 15 is 0 Å². The third-order valence-electron chi connectivity index (χ3n) is 3.61. The molecule has 0 unspecified atom stereocenters. The highest BCUT2D eigenvalue weighted by Gasteiger charge is 2.26. The van der Waals surface area contributed by atoms with Crippen molar-refractivity contribution in [1.29, 1.82) is 0 Å². The van der Waals surface area contributed by atoms with Gasteiger partial charge in [-0.1, -0.05) is 35.9 Å². The van der Waals surface area contributed by atoms with Crippen LogP contribution in [0.3, 0.4) is 0 Å². The Bertz CT molecular complexity index is 574. The molecule has 0 aliphatic heterocycles. The number of ketones is 2. The van der Waals surface area contributed by atoms with E-state index < -0.39 is 5.78 Å². The van der Waals surface area contributed by atoms with Crippen molar-refractivity contribution in [2.45, 2.75) is 27.2 Å². The van der Waals surface area contributed by atoms with E-state index in [0.29, 0.717) is 17.6 Å². The van der Waals surface area contributed by atoms with Gasteiger partial charge in [0.2, 0.25) is 11.6 Å². The molecule has 92 valence electrons. The highest BCUT2D eigenvalue weighted by molar-refractivity contribution is 6.49. The number of benzene rings is 1. The van der Waals surface area contributed by atoms with Crippen LogP contribution in [0.15, 0.2) is 52.6 Å². The van der Waals surface area contributed by atoms with Gasteiger partial charge in [-0.05, 0) is 38.3 Å². The number of hydrogen-bond acceptors (Lipinski definition) is 2. The van der Waals surface area contributed by atoms with E-state index in [0.717, 1.165) is 11.1 Å². The largest absolute Gasteiger partial charge is 0.285 e. The smallest absolute Gasteiger partial charge is 0.233 e. The summed E-state index contributed by atoms with van der Waals surface area (Å²) in [6.45, 7) is 5.92.